The first kappa shape index (κ1) is 50.1. The molecule has 2 amide bonds. The maximum absolute atomic E-state index is 15.1. The van der Waals surface area contributed by atoms with Crippen molar-refractivity contribution in [3.05, 3.63) is 119 Å². The van der Waals surface area contributed by atoms with Crippen molar-refractivity contribution in [1.82, 2.24) is 39.3 Å². The Morgan fingerprint density at radius 3 is 2.58 bits per heavy atom. The van der Waals surface area contributed by atoms with E-state index in [0.717, 1.165) is 85.1 Å². The molecule has 1 aliphatic carbocycles. The summed E-state index contributed by atoms with van der Waals surface area (Å²) in [6.07, 6.45) is 14.9. The highest BCUT2D eigenvalue weighted by Crippen LogP contribution is 2.41. The number of fused-ring (bicyclic) bond motifs is 1. The van der Waals surface area contributed by atoms with Gasteiger partial charge < -0.3 is 40.7 Å². The Hall–Kier alpha value is -7.25. The van der Waals surface area contributed by atoms with Crippen LogP contribution in [0.15, 0.2) is 79.4 Å². The van der Waals surface area contributed by atoms with E-state index in [1.807, 2.05) is 40.9 Å². The van der Waals surface area contributed by atoms with Crippen molar-refractivity contribution >= 4 is 40.6 Å². The van der Waals surface area contributed by atoms with Gasteiger partial charge in [-0.3, -0.25) is 14.5 Å². The molecule has 374 valence electrons. The number of rotatable bonds is 22. The van der Waals surface area contributed by atoms with Crippen LogP contribution in [0.3, 0.4) is 0 Å². The fourth-order valence-corrected chi connectivity index (χ4v) is 8.67. The van der Waals surface area contributed by atoms with Crippen molar-refractivity contribution in [2.45, 2.75) is 77.3 Å². The Morgan fingerprint density at radius 1 is 0.986 bits per heavy atom. The molecule has 17 nitrogen and oxygen atoms in total. The highest BCUT2D eigenvalue weighted by atomic mass is 19.1. The second-order valence-corrected chi connectivity index (χ2v) is 18.1. The molecule has 5 heterocycles. The smallest absolute Gasteiger partial charge is 0.258 e. The van der Waals surface area contributed by atoms with Crippen LogP contribution in [0.4, 0.5) is 31.9 Å². The van der Waals surface area contributed by atoms with Crippen LogP contribution in [0.5, 0.6) is 11.6 Å². The van der Waals surface area contributed by atoms with Gasteiger partial charge in [-0.2, -0.15) is 9.61 Å². The number of nitrogen functional groups attached to an aromatic ring is 1. The van der Waals surface area contributed by atoms with Gasteiger partial charge in [-0.05, 0) is 106 Å². The number of ether oxygens (including phenoxy) is 2. The van der Waals surface area contributed by atoms with E-state index in [1.165, 1.54) is 35.5 Å². The molecule has 71 heavy (non-hydrogen) atoms. The van der Waals surface area contributed by atoms with Gasteiger partial charge in [0.1, 0.15) is 48.5 Å². The number of carbonyl (C=O) groups is 2. The van der Waals surface area contributed by atoms with Gasteiger partial charge >= 0.3 is 0 Å². The van der Waals surface area contributed by atoms with E-state index in [2.05, 4.69) is 42.5 Å². The van der Waals surface area contributed by atoms with Gasteiger partial charge in [-0.25, -0.2) is 28.7 Å². The number of nitrogens with zero attached hydrogens (tertiary/aromatic N) is 9. The number of aliphatic hydroxyl groups excluding tert-OH is 1. The molecule has 1 saturated carbocycles. The lowest BCUT2D eigenvalue weighted by Gasteiger charge is -2.36. The summed E-state index contributed by atoms with van der Waals surface area (Å²) in [5.41, 5.74) is 10.8. The van der Waals surface area contributed by atoms with Gasteiger partial charge in [0.2, 0.25) is 11.8 Å². The molecular formula is C52H62F2N12O5. The van der Waals surface area contributed by atoms with Crippen molar-refractivity contribution < 1.29 is 33.0 Å². The Morgan fingerprint density at radius 2 is 1.82 bits per heavy atom. The van der Waals surface area contributed by atoms with Crippen LogP contribution in [0.2, 0.25) is 0 Å². The number of benzene rings is 2. The number of nitrogens with two attached hydrogens (primary N) is 1. The number of hydrogen-bond acceptors (Lipinski definition) is 14. The van der Waals surface area contributed by atoms with Crippen LogP contribution < -0.4 is 30.7 Å². The number of anilines is 4. The largest absolute Gasteiger partial charge is 0.486 e. The first-order chi connectivity index (χ1) is 34.4. The minimum absolute atomic E-state index is 0.00310. The summed E-state index contributed by atoms with van der Waals surface area (Å²) in [7, 11) is 3.57. The molecule has 4 aromatic heterocycles. The summed E-state index contributed by atoms with van der Waals surface area (Å²) in [4.78, 5) is 49.9. The van der Waals surface area contributed by atoms with E-state index in [1.54, 1.807) is 32.3 Å². The predicted molar refractivity (Wildman–Crippen MR) is 269 cm³/mol. The number of aliphatic hydroxyl groups is 1. The number of aryl methyl sites for hydroxylation is 1. The maximum atomic E-state index is 15.1. The van der Waals surface area contributed by atoms with Gasteiger partial charge in [-0.1, -0.05) is 25.1 Å². The van der Waals surface area contributed by atoms with Crippen molar-refractivity contribution in [2.75, 3.05) is 81.4 Å². The number of halogens is 2. The van der Waals surface area contributed by atoms with E-state index in [-0.39, 0.29) is 65.8 Å². The number of carbonyl (C=O) groups excluding carboxylic acids is 2. The SMILES string of the molecule is CCc1cnn2c(NCc3ccc(OCCN(C)C/C=C/C(=O)N(C)CCOc4c(N)ncnc4-c4cc(F)cc(NC(=O)c5ccc(C6CC6)cc5F)c4C)nc3)cc(N3CCCC[C@H]3CCO)nc12. The van der Waals surface area contributed by atoms with Gasteiger partial charge in [0.15, 0.2) is 17.2 Å². The lowest BCUT2D eigenvalue weighted by molar-refractivity contribution is -0.125. The quantitative estimate of drug-likeness (QED) is 0.0498. The molecule has 1 saturated heterocycles. The van der Waals surface area contributed by atoms with Gasteiger partial charge in [-0.15, -0.1) is 0 Å². The normalized spacial score (nSPS) is 14.9. The molecule has 1 aliphatic heterocycles. The summed E-state index contributed by atoms with van der Waals surface area (Å²) >= 11 is 0. The fourth-order valence-electron chi connectivity index (χ4n) is 8.67. The number of amides is 2. The maximum Gasteiger partial charge on any atom is 0.258 e. The first-order valence-corrected chi connectivity index (χ1v) is 24.2. The topological polar surface area (TPSA) is 201 Å². The first-order valence-electron chi connectivity index (χ1n) is 24.2. The molecule has 2 aliphatic rings. The highest BCUT2D eigenvalue weighted by molar-refractivity contribution is 6.05. The molecule has 0 spiro atoms. The lowest BCUT2D eigenvalue weighted by Crippen LogP contribution is -2.40. The third kappa shape index (κ3) is 12.4. The monoisotopic (exact) mass is 972 g/mol. The Labute approximate surface area is 412 Å². The van der Waals surface area contributed by atoms with Crippen LogP contribution in [-0.4, -0.2) is 122 Å². The third-order valence-electron chi connectivity index (χ3n) is 13.0. The van der Waals surface area contributed by atoms with Crippen LogP contribution in [0, 0.1) is 18.6 Å². The van der Waals surface area contributed by atoms with Crippen LogP contribution in [0.25, 0.3) is 16.9 Å². The Balaban J connectivity index is 0.783. The average Bonchev–Trinajstić information content (AvgIpc) is 4.14. The molecule has 19 heteroatoms. The lowest BCUT2D eigenvalue weighted by atomic mass is 9.99. The standard InChI is InChI=1S/C52H62F2N12O5/c1-5-35-31-60-66-44(28-45(62-51(35)66)65-19-7-6-9-39(65)17-22-67)56-29-34-11-16-46(57-30-34)70-23-20-63(3)18-8-10-47(68)64(4)21-24-71-49-48(58-32-59-50(49)55)41-26-38(53)27-43(33(41)2)61-52(69)40-15-14-37(25-42(40)54)36-12-13-36/h8,10-11,14-16,25-28,30-32,36,39,56,67H,5-7,9,12-13,17-24,29H2,1-4H3,(H,61,69)(H2,55,58,59)/b10-8+/t39-/m0/s1. The van der Waals surface area contributed by atoms with Crippen LogP contribution in [0.1, 0.15) is 84.0 Å². The van der Waals surface area contributed by atoms with Crippen molar-refractivity contribution in [2.24, 2.45) is 0 Å². The molecule has 5 N–H and O–H groups in total. The van der Waals surface area contributed by atoms with E-state index < -0.39 is 17.5 Å². The number of pyridine rings is 1. The zero-order valence-electron chi connectivity index (χ0n) is 40.7. The zero-order chi connectivity index (χ0) is 50.0. The van der Waals surface area contributed by atoms with Crippen LogP contribution >= 0.6 is 0 Å². The number of hydrogen-bond donors (Lipinski definition) is 4. The van der Waals surface area contributed by atoms with Crippen molar-refractivity contribution in [3.63, 3.8) is 0 Å². The highest BCUT2D eigenvalue weighted by Gasteiger charge is 2.27. The summed E-state index contributed by atoms with van der Waals surface area (Å²) in [6.45, 7) is 7.01. The summed E-state index contributed by atoms with van der Waals surface area (Å²) < 4.78 is 43.8. The molecule has 1 atom stereocenters. The molecule has 2 fully saturated rings. The number of likely N-dealkylation sites (N-methyl/N-ethyl adjacent to an activating group) is 2. The number of aromatic nitrogens is 6. The predicted octanol–water partition coefficient (Wildman–Crippen LogP) is 7.20. The molecule has 8 rings (SSSR count). The number of piperidine rings is 1. The molecule has 0 bridgehead atoms. The van der Waals surface area contributed by atoms with Crippen molar-refractivity contribution in [1.29, 1.82) is 0 Å². The van der Waals surface area contributed by atoms with E-state index >= 15 is 4.39 Å². The minimum Gasteiger partial charge on any atom is -0.486 e. The minimum atomic E-state index is -0.715. The number of nitrogens with one attached hydrogen (secondary N) is 2. The van der Waals surface area contributed by atoms with E-state index in [0.29, 0.717) is 50.0 Å². The fraction of sp³-hybridized carbons (Fsp3) is 0.404. The van der Waals surface area contributed by atoms with Crippen LogP contribution in [-0.2, 0) is 17.8 Å². The van der Waals surface area contributed by atoms with E-state index in [9.17, 15) is 19.1 Å². The Bertz CT molecular complexity index is 2860. The van der Waals surface area contributed by atoms with Gasteiger partial charge in [0.25, 0.3) is 5.91 Å². The average molecular weight is 973 g/mol. The summed E-state index contributed by atoms with van der Waals surface area (Å²) in [5, 5.41) is 20.5. The molecule has 0 radical (unpaired) electrons. The summed E-state index contributed by atoms with van der Waals surface area (Å²) in [6, 6.07) is 13.1. The molecule has 2 aromatic carbocycles. The molecule has 6 aromatic rings. The summed E-state index contributed by atoms with van der Waals surface area (Å²) in [5.74, 6) is 0.374. The van der Waals surface area contributed by atoms with Gasteiger partial charge in [0.05, 0.1) is 18.3 Å². The van der Waals surface area contributed by atoms with Gasteiger partial charge in [0, 0.05) is 87.1 Å². The zero-order valence-corrected chi connectivity index (χ0v) is 40.7. The molecule has 0 unspecified atom stereocenters. The second kappa shape index (κ2) is 23.1. The Kier molecular flexibility index (Phi) is 16.3. The van der Waals surface area contributed by atoms with E-state index in [4.69, 9.17) is 20.2 Å². The third-order valence-corrected chi connectivity index (χ3v) is 13.0. The van der Waals surface area contributed by atoms with Crippen molar-refractivity contribution in [3.8, 4) is 22.9 Å². The molecular weight excluding hydrogens is 911 g/mol. The second-order valence-electron chi connectivity index (χ2n) is 18.1.